The molecule has 1 aromatic carbocycles. The summed E-state index contributed by atoms with van der Waals surface area (Å²) < 4.78 is 5.07. The van der Waals surface area contributed by atoms with Crippen LogP contribution in [0.4, 0.5) is 11.4 Å². The molecule has 0 aliphatic carbocycles. The molecule has 0 aromatic heterocycles. The average Bonchev–Trinajstić information content (AvgIpc) is 2.42. The van der Waals surface area contributed by atoms with E-state index in [4.69, 9.17) is 10.5 Å². The SMILES string of the molecule is CCOC(=O)c1cc(N)ccc1NC1CCSCC1. The minimum atomic E-state index is -0.317. The van der Waals surface area contributed by atoms with Gasteiger partial charge in [0.05, 0.1) is 12.2 Å². The van der Waals surface area contributed by atoms with E-state index in [9.17, 15) is 4.79 Å². The zero-order valence-corrected chi connectivity index (χ0v) is 12.0. The van der Waals surface area contributed by atoms with Gasteiger partial charge < -0.3 is 15.8 Å². The summed E-state index contributed by atoms with van der Waals surface area (Å²) in [5, 5.41) is 3.45. The van der Waals surface area contributed by atoms with E-state index in [0.29, 0.717) is 23.9 Å². The second kappa shape index (κ2) is 6.70. The normalized spacial score (nSPS) is 16.1. The van der Waals surface area contributed by atoms with Gasteiger partial charge in [0.1, 0.15) is 0 Å². The molecule has 2 rings (SSSR count). The summed E-state index contributed by atoms with van der Waals surface area (Å²) in [4.78, 5) is 11.9. The van der Waals surface area contributed by atoms with Crippen molar-refractivity contribution in [3.8, 4) is 0 Å². The Morgan fingerprint density at radius 1 is 1.47 bits per heavy atom. The van der Waals surface area contributed by atoms with Crippen LogP contribution in [0, 0.1) is 0 Å². The van der Waals surface area contributed by atoms with Crippen LogP contribution in [-0.4, -0.2) is 30.1 Å². The number of benzene rings is 1. The lowest BCUT2D eigenvalue weighted by atomic mass is 10.1. The molecule has 1 aromatic rings. The first-order valence-electron chi connectivity index (χ1n) is 6.61. The van der Waals surface area contributed by atoms with Crippen molar-refractivity contribution in [2.24, 2.45) is 0 Å². The van der Waals surface area contributed by atoms with E-state index in [-0.39, 0.29) is 5.97 Å². The number of nitrogen functional groups attached to an aromatic ring is 1. The van der Waals surface area contributed by atoms with Gasteiger partial charge in [-0.15, -0.1) is 0 Å². The van der Waals surface area contributed by atoms with Crippen LogP contribution >= 0.6 is 11.8 Å². The van der Waals surface area contributed by atoms with Crippen LogP contribution in [0.2, 0.25) is 0 Å². The van der Waals surface area contributed by atoms with Crippen LogP contribution < -0.4 is 11.1 Å². The molecule has 1 aliphatic rings. The highest BCUT2D eigenvalue weighted by molar-refractivity contribution is 7.99. The summed E-state index contributed by atoms with van der Waals surface area (Å²) in [6, 6.07) is 5.78. The first kappa shape index (κ1) is 14.1. The summed E-state index contributed by atoms with van der Waals surface area (Å²) in [6.45, 7) is 2.17. The van der Waals surface area contributed by atoms with Crippen molar-refractivity contribution >= 4 is 29.1 Å². The first-order valence-corrected chi connectivity index (χ1v) is 7.77. The van der Waals surface area contributed by atoms with Gasteiger partial charge in [-0.2, -0.15) is 11.8 Å². The van der Waals surface area contributed by atoms with Gasteiger partial charge in [0.15, 0.2) is 0 Å². The Morgan fingerprint density at radius 2 is 2.21 bits per heavy atom. The quantitative estimate of drug-likeness (QED) is 0.656. The van der Waals surface area contributed by atoms with Crippen LogP contribution in [0.15, 0.2) is 18.2 Å². The number of thioether (sulfide) groups is 1. The molecule has 0 saturated carbocycles. The lowest BCUT2D eigenvalue weighted by molar-refractivity contribution is 0.0527. The van der Waals surface area contributed by atoms with E-state index in [1.54, 1.807) is 13.0 Å². The van der Waals surface area contributed by atoms with Gasteiger partial charge in [-0.25, -0.2) is 4.79 Å². The molecule has 1 heterocycles. The lowest BCUT2D eigenvalue weighted by Crippen LogP contribution is -2.25. The second-order valence-corrected chi connectivity index (χ2v) is 5.78. The molecule has 0 atom stereocenters. The summed E-state index contributed by atoms with van der Waals surface area (Å²) in [7, 11) is 0. The Hall–Kier alpha value is -1.36. The van der Waals surface area contributed by atoms with Gasteiger partial charge in [-0.3, -0.25) is 0 Å². The number of esters is 1. The van der Waals surface area contributed by atoms with Crippen molar-refractivity contribution in [1.29, 1.82) is 0 Å². The Kier molecular flexibility index (Phi) is 4.96. The Labute approximate surface area is 118 Å². The number of hydrogen-bond acceptors (Lipinski definition) is 5. The summed E-state index contributed by atoms with van der Waals surface area (Å²) in [5.41, 5.74) is 7.68. The van der Waals surface area contributed by atoms with E-state index in [2.05, 4.69) is 5.32 Å². The molecule has 3 N–H and O–H groups in total. The predicted octanol–water partition coefficient (Wildman–Crippen LogP) is 2.75. The van der Waals surface area contributed by atoms with E-state index in [1.807, 2.05) is 23.9 Å². The van der Waals surface area contributed by atoms with Crippen molar-refractivity contribution in [3.63, 3.8) is 0 Å². The number of ether oxygens (including phenoxy) is 1. The number of rotatable bonds is 4. The van der Waals surface area contributed by atoms with Crippen LogP contribution in [0.5, 0.6) is 0 Å². The number of hydrogen-bond donors (Lipinski definition) is 2. The molecule has 1 fully saturated rings. The highest BCUT2D eigenvalue weighted by Crippen LogP contribution is 2.25. The molecule has 0 amide bonds. The molecule has 0 bridgehead atoms. The third kappa shape index (κ3) is 3.80. The number of nitrogens with two attached hydrogens (primary N) is 1. The van der Waals surface area contributed by atoms with Crippen molar-refractivity contribution in [3.05, 3.63) is 23.8 Å². The van der Waals surface area contributed by atoms with Crippen LogP contribution in [0.25, 0.3) is 0 Å². The maximum atomic E-state index is 11.9. The second-order valence-electron chi connectivity index (χ2n) is 4.56. The van der Waals surface area contributed by atoms with E-state index < -0.39 is 0 Å². The van der Waals surface area contributed by atoms with Gasteiger partial charge in [0.2, 0.25) is 0 Å². The van der Waals surface area contributed by atoms with Gasteiger partial charge in [0, 0.05) is 17.4 Å². The molecular formula is C14H20N2O2S. The van der Waals surface area contributed by atoms with Crippen LogP contribution in [-0.2, 0) is 4.74 Å². The maximum absolute atomic E-state index is 11.9. The molecule has 1 saturated heterocycles. The zero-order valence-electron chi connectivity index (χ0n) is 11.1. The van der Waals surface area contributed by atoms with Gasteiger partial charge >= 0.3 is 5.97 Å². The third-order valence-corrected chi connectivity index (χ3v) is 4.17. The molecule has 0 radical (unpaired) electrons. The number of carbonyl (C=O) groups excluding carboxylic acids is 1. The van der Waals surface area contributed by atoms with E-state index in [0.717, 1.165) is 18.5 Å². The smallest absolute Gasteiger partial charge is 0.340 e. The predicted molar refractivity (Wildman–Crippen MR) is 80.8 cm³/mol. The van der Waals surface area contributed by atoms with Crippen molar-refractivity contribution in [1.82, 2.24) is 0 Å². The zero-order chi connectivity index (χ0) is 13.7. The minimum Gasteiger partial charge on any atom is -0.462 e. The maximum Gasteiger partial charge on any atom is 0.340 e. The molecule has 5 heteroatoms. The molecule has 0 spiro atoms. The largest absolute Gasteiger partial charge is 0.462 e. The highest BCUT2D eigenvalue weighted by atomic mass is 32.2. The van der Waals surface area contributed by atoms with Crippen molar-refractivity contribution < 1.29 is 9.53 Å². The van der Waals surface area contributed by atoms with Crippen molar-refractivity contribution in [2.75, 3.05) is 29.2 Å². The highest BCUT2D eigenvalue weighted by Gasteiger charge is 2.18. The molecule has 1 aliphatic heterocycles. The summed E-state index contributed by atoms with van der Waals surface area (Å²) >= 11 is 1.98. The fraction of sp³-hybridized carbons (Fsp3) is 0.500. The Balaban J connectivity index is 2.15. The molecule has 104 valence electrons. The third-order valence-electron chi connectivity index (χ3n) is 3.12. The van der Waals surface area contributed by atoms with Crippen LogP contribution in [0.1, 0.15) is 30.1 Å². The molecule has 0 unspecified atom stereocenters. The fourth-order valence-corrected chi connectivity index (χ4v) is 3.23. The summed E-state index contributed by atoms with van der Waals surface area (Å²) in [5.74, 6) is 2.02. The van der Waals surface area contributed by atoms with Crippen LogP contribution in [0.3, 0.4) is 0 Å². The van der Waals surface area contributed by atoms with E-state index in [1.165, 1.54) is 11.5 Å². The van der Waals surface area contributed by atoms with Gasteiger partial charge in [0.25, 0.3) is 0 Å². The molecular weight excluding hydrogens is 260 g/mol. The number of anilines is 2. The Morgan fingerprint density at radius 3 is 2.89 bits per heavy atom. The van der Waals surface area contributed by atoms with Gasteiger partial charge in [-0.05, 0) is 49.5 Å². The average molecular weight is 280 g/mol. The number of carbonyl (C=O) groups is 1. The monoisotopic (exact) mass is 280 g/mol. The van der Waals surface area contributed by atoms with E-state index >= 15 is 0 Å². The fourth-order valence-electron chi connectivity index (χ4n) is 2.13. The standard InChI is InChI=1S/C14H20N2O2S/c1-2-18-14(17)12-9-10(15)3-4-13(12)16-11-5-7-19-8-6-11/h3-4,9,11,16H,2,5-8,15H2,1H3. The number of nitrogens with one attached hydrogen (secondary N) is 1. The molecule has 4 nitrogen and oxygen atoms in total. The van der Waals surface area contributed by atoms with Crippen molar-refractivity contribution in [2.45, 2.75) is 25.8 Å². The summed E-state index contributed by atoms with van der Waals surface area (Å²) in [6.07, 6.45) is 2.24. The minimum absolute atomic E-state index is 0.317. The topological polar surface area (TPSA) is 64.3 Å². The Bertz CT molecular complexity index is 445. The molecule has 19 heavy (non-hydrogen) atoms. The van der Waals surface area contributed by atoms with Gasteiger partial charge in [-0.1, -0.05) is 0 Å². The lowest BCUT2D eigenvalue weighted by Gasteiger charge is -2.24. The first-order chi connectivity index (χ1) is 9.20.